The van der Waals surface area contributed by atoms with E-state index in [-0.39, 0.29) is 0 Å². The summed E-state index contributed by atoms with van der Waals surface area (Å²) in [6.45, 7) is 9.29. The van der Waals surface area contributed by atoms with Crippen LogP contribution in [0.4, 0.5) is 0 Å². The van der Waals surface area contributed by atoms with Crippen molar-refractivity contribution in [1.82, 2.24) is 0 Å². The quantitative estimate of drug-likeness (QED) is 0.646. The van der Waals surface area contributed by atoms with E-state index in [1.54, 1.807) is 41.5 Å². The summed E-state index contributed by atoms with van der Waals surface area (Å²) >= 11 is 0. The zero-order valence-corrected chi connectivity index (χ0v) is 13.4. The molecule has 0 aliphatic heterocycles. The van der Waals surface area contributed by atoms with Gasteiger partial charge in [0, 0.05) is 0 Å². The van der Waals surface area contributed by atoms with Crippen molar-refractivity contribution in [3.05, 3.63) is 0 Å². The van der Waals surface area contributed by atoms with Crippen molar-refractivity contribution in [2.75, 3.05) is 6.61 Å². The minimum atomic E-state index is -1.46. The fraction of sp³-hybridized carbons (Fsp3) is 0.857. The number of aliphatic hydroxyl groups excluding tert-OH is 1. The Labute approximate surface area is 124 Å². The van der Waals surface area contributed by atoms with Crippen LogP contribution in [-0.2, 0) is 19.1 Å². The second-order valence-corrected chi connectivity index (χ2v) is 6.93. The van der Waals surface area contributed by atoms with Crippen LogP contribution in [0.3, 0.4) is 0 Å². The molecule has 0 spiro atoms. The van der Waals surface area contributed by atoms with Crippen molar-refractivity contribution in [3.63, 3.8) is 0 Å². The number of hydrogen-bond donors (Lipinski definition) is 3. The lowest BCUT2D eigenvalue weighted by Crippen LogP contribution is -2.49. The molecule has 0 amide bonds. The highest BCUT2D eigenvalue weighted by Crippen LogP contribution is 2.26. The maximum atomic E-state index is 11.3. The van der Waals surface area contributed by atoms with Crippen molar-refractivity contribution in [2.45, 2.75) is 65.5 Å². The predicted octanol–water partition coefficient (Wildman–Crippen LogP) is 1.13. The predicted molar refractivity (Wildman–Crippen MR) is 75.1 cm³/mol. The van der Waals surface area contributed by atoms with E-state index in [1.165, 1.54) is 0 Å². The fourth-order valence-electron chi connectivity index (χ4n) is 1.68. The van der Waals surface area contributed by atoms with E-state index in [9.17, 15) is 24.9 Å². The Balaban J connectivity index is 5.26. The molecule has 0 heterocycles. The summed E-state index contributed by atoms with van der Waals surface area (Å²) in [5, 5.41) is 27.8. The van der Waals surface area contributed by atoms with Gasteiger partial charge in [-0.25, -0.2) is 9.59 Å². The van der Waals surface area contributed by atoms with Crippen LogP contribution in [0.25, 0.3) is 0 Å². The molecule has 7 heteroatoms. The van der Waals surface area contributed by atoms with Gasteiger partial charge in [0.2, 0.25) is 0 Å². The molecule has 3 atom stereocenters. The van der Waals surface area contributed by atoms with Crippen LogP contribution >= 0.6 is 0 Å². The molecule has 7 nitrogen and oxygen atoms in total. The number of aliphatic carboxylic acids is 2. The number of aliphatic hydroxyl groups is 1. The summed E-state index contributed by atoms with van der Waals surface area (Å²) in [4.78, 5) is 22.6. The van der Waals surface area contributed by atoms with Crippen LogP contribution in [0, 0.1) is 5.41 Å². The molecule has 0 fully saturated rings. The average Bonchev–Trinajstić information content (AvgIpc) is 2.24. The number of hydrogen-bond acceptors (Lipinski definition) is 5. The summed E-state index contributed by atoms with van der Waals surface area (Å²) in [5.74, 6) is -2.54. The summed E-state index contributed by atoms with van der Waals surface area (Å²) < 4.78 is 10.7. The van der Waals surface area contributed by atoms with Gasteiger partial charge < -0.3 is 24.8 Å². The van der Waals surface area contributed by atoms with Gasteiger partial charge >= 0.3 is 11.9 Å². The lowest BCUT2D eigenvalue weighted by Gasteiger charge is -2.34. The topological polar surface area (TPSA) is 113 Å². The summed E-state index contributed by atoms with van der Waals surface area (Å²) in [7, 11) is 0. The standard InChI is InChI=1S/C14H26O7/c1-13(2,3)10(12(18)19)20-8(7-15)9(11(16)17)21-14(4,5)6/h8-10,15H,7H2,1-6H3,(H,16,17)(H,18,19). The van der Waals surface area contributed by atoms with Crippen LogP contribution in [0.5, 0.6) is 0 Å². The summed E-state index contributed by atoms with van der Waals surface area (Å²) in [5.41, 5.74) is -1.54. The highest BCUT2D eigenvalue weighted by atomic mass is 16.6. The Morgan fingerprint density at radius 2 is 1.48 bits per heavy atom. The van der Waals surface area contributed by atoms with Gasteiger partial charge in [-0.15, -0.1) is 0 Å². The van der Waals surface area contributed by atoms with Crippen LogP contribution in [0.15, 0.2) is 0 Å². The molecule has 0 radical (unpaired) electrons. The number of carboxylic acid groups (broad SMARTS) is 2. The molecule has 3 N–H and O–H groups in total. The Morgan fingerprint density at radius 1 is 1.00 bits per heavy atom. The van der Waals surface area contributed by atoms with Gasteiger partial charge in [-0.1, -0.05) is 20.8 Å². The first kappa shape index (κ1) is 19.8. The molecule has 0 aromatic carbocycles. The van der Waals surface area contributed by atoms with Crippen LogP contribution < -0.4 is 0 Å². The van der Waals surface area contributed by atoms with E-state index < -0.39 is 47.9 Å². The van der Waals surface area contributed by atoms with E-state index >= 15 is 0 Å². The SMILES string of the molecule is CC(C)(C)OC(C(=O)O)C(CO)OC(C(=O)O)C(C)(C)C. The minimum absolute atomic E-state index is 0.660. The minimum Gasteiger partial charge on any atom is -0.479 e. The molecule has 0 saturated heterocycles. The molecule has 124 valence electrons. The smallest absolute Gasteiger partial charge is 0.335 e. The summed E-state index contributed by atoms with van der Waals surface area (Å²) in [6, 6.07) is 0. The highest BCUT2D eigenvalue weighted by Gasteiger charge is 2.40. The molecule has 0 bridgehead atoms. The van der Waals surface area contributed by atoms with Gasteiger partial charge in [-0.05, 0) is 26.2 Å². The molecule has 0 aliphatic rings. The maximum Gasteiger partial charge on any atom is 0.335 e. The van der Waals surface area contributed by atoms with E-state index in [1.807, 2.05) is 0 Å². The fourth-order valence-corrected chi connectivity index (χ4v) is 1.68. The normalized spacial score (nSPS) is 17.1. The Morgan fingerprint density at radius 3 is 1.71 bits per heavy atom. The van der Waals surface area contributed by atoms with Gasteiger partial charge in [-0.3, -0.25) is 0 Å². The first-order chi connectivity index (χ1) is 9.29. The Bertz CT molecular complexity index is 364. The van der Waals surface area contributed by atoms with Crippen molar-refractivity contribution in [1.29, 1.82) is 0 Å². The van der Waals surface area contributed by atoms with Gasteiger partial charge in [0.1, 0.15) is 6.10 Å². The Hall–Kier alpha value is -1.18. The molecule has 0 aromatic rings. The first-order valence-corrected chi connectivity index (χ1v) is 6.69. The van der Waals surface area contributed by atoms with Crippen LogP contribution in [0.1, 0.15) is 41.5 Å². The van der Waals surface area contributed by atoms with Crippen LogP contribution in [0.2, 0.25) is 0 Å². The van der Waals surface area contributed by atoms with E-state index in [0.29, 0.717) is 0 Å². The molecule has 0 aliphatic carbocycles. The van der Waals surface area contributed by atoms with E-state index in [4.69, 9.17) is 9.47 Å². The van der Waals surface area contributed by atoms with Gasteiger partial charge in [-0.2, -0.15) is 0 Å². The molecule has 21 heavy (non-hydrogen) atoms. The van der Waals surface area contributed by atoms with E-state index in [2.05, 4.69) is 0 Å². The molecule has 0 saturated carbocycles. The second kappa shape index (κ2) is 7.20. The zero-order valence-electron chi connectivity index (χ0n) is 13.4. The average molecular weight is 306 g/mol. The highest BCUT2D eigenvalue weighted by molar-refractivity contribution is 5.74. The third kappa shape index (κ3) is 6.88. The number of rotatable bonds is 7. The zero-order chi connectivity index (χ0) is 17.0. The largest absolute Gasteiger partial charge is 0.479 e. The van der Waals surface area contributed by atoms with Crippen molar-refractivity contribution in [3.8, 4) is 0 Å². The van der Waals surface area contributed by atoms with Gasteiger partial charge in [0.25, 0.3) is 0 Å². The molecular weight excluding hydrogens is 280 g/mol. The second-order valence-electron chi connectivity index (χ2n) is 6.93. The number of carboxylic acids is 2. The van der Waals surface area contributed by atoms with Crippen molar-refractivity contribution in [2.24, 2.45) is 5.41 Å². The van der Waals surface area contributed by atoms with Crippen LogP contribution in [-0.4, -0.2) is 57.8 Å². The molecule has 3 unspecified atom stereocenters. The number of ether oxygens (including phenoxy) is 2. The Kier molecular flexibility index (Phi) is 6.79. The lowest BCUT2D eigenvalue weighted by atomic mass is 9.89. The van der Waals surface area contributed by atoms with Gasteiger partial charge in [0.05, 0.1) is 12.2 Å². The molecular formula is C14H26O7. The lowest BCUT2D eigenvalue weighted by molar-refractivity contribution is -0.201. The molecule has 0 aromatic heterocycles. The van der Waals surface area contributed by atoms with Gasteiger partial charge in [0.15, 0.2) is 12.2 Å². The maximum absolute atomic E-state index is 11.3. The number of carbonyl (C=O) groups is 2. The third-order valence-corrected chi connectivity index (χ3v) is 2.56. The first-order valence-electron chi connectivity index (χ1n) is 6.69. The van der Waals surface area contributed by atoms with Crippen molar-refractivity contribution < 1.29 is 34.4 Å². The third-order valence-electron chi connectivity index (χ3n) is 2.56. The van der Waals surface area contributed by atoms with Crippen molar-refractivity contribution >= 4 is 11.9 Å². The summed E-state index contributed by atoms with van der Waals surface area (Å²) in [6.07, 6.45) is -4.00. The monoisotopic (exact) mass is 306 g/mol. The molecule has 0 rings (SSSR count). The van der Waals surface area contributed by atoms with E-state index in [0.717, 1.165) is 0 Å².